The van der Waals surface area contributed by atoms with Gasteiger partial charge in [-0.2, -0.15) is 0 Å². The van der Waals surface area contributed by atoms with Crippen molar-refractivity contribution >= 4 is 12.2 Å². The molecule has 100 valence electrons. The van der Waals surface area contributed by atoms with E-state index in [1.807, 2.05) is 0 Å². The summed E-state index contributed by atoms with van der Waals surface area (Å²) in [6.07, 6.45) is -4.19. The van der Waals surface area contributed by atoms with E-state index in [1.165, 1.54) is 6.20 Å². The van der Waals surface area contributed by atoms with Gasteiger partial charge < -0.3 is 14.9 Å². The van der Waals surface area contributed by atoms with E-state index in [0.717, 1.165) is 4.57 Å². The highest BCUT2D eigenvalue weighted by Crippen LogP contribution is 2.30. The minimum absolute atomic E-state index is 0.268. The van der Waals surface area contributed by atoms with Crippen molar-refractivity contribution < 1.29 is 19.3 Å². The summed E-state index contributed by atoms with van der Waals surface area (Å²) in [4.78, 5) is 14.1. The predicted molar refractivity (Wildman–Crippen MR) is 62.5 cm³/mol. The Kier molecular flexibility index (Phi) is 3.62. The van der Waals surface area contributed by atoms with Gasteiger partial charge in [0.1, 0.15) is 16.8 Å². The summed E-state index contributed by atoms with van der Waals surface area (Å²) in [6.45, 7) is 1.14. The summed E-state index contributed by atoms with van der Waals surface area (Å²) in [5.41, 5.74) is -0.0358. The molecular weight excluding hydrogens is 263 g/mol. The van der Waals surface area contributed by atoms with Crippen LogP contribution in [0, 0.1) is 11.6 Å². The van der Waals surface area contributed by atoms with Crippen LogP contribution in [0.25, 0.3) is 0 Å². The number of nitrogens with zero attached hydrogens (tertiary/aromatic N) is 1. The molecule has 0 aliphatic carbocycles. The minimum Gasteiger partial charge on any atom is -0.394 e. The Morgan fingerprint density at radius 2 is 2.33 bits per heavy atom. The van der Waals surface area contributed by atoms with Crippen LogP contribution in [0.3, 0.4) is 0 Å². The van der Waals surface area contributed by atoms with E-state index >= 15 is 0 Å². The zero-order chi connectivity index (χ0) is 13.4. The molecule has 2 heterocycles. The fourth-order valence-electron chi connectivity index (χ4n) is 1.85. The first-order chi connectivity index (χ1) is 8.45. The average molecular weight is 276 g/mol. The third-order valence-electron chi connectivity index (χ3n) is 2.89. The molecule has 18 heavy (non-hydrogen) atoms. The number of ether oxygens (including phenoxy) is 1. The minimum atomic E-state index is -1.79. The summed E-state index contributed by atoms with van der Waals surface area (Å²) >= 11 is 4.88. The Bertz CT molecular complexity index is 558. The molecule has 3 N–H and O–H groups in total. The van der Waals surface area contributed by atoms with E-state index in [2.05, 4.69) is 4.98 Å². The van der Waals surface area contributed by atoms with Crippen LogP contribution in [0.2, 0.25) is 0 Å². The van der Waals surface area contributed by atoms with Crippen molar-refractivity contribution in [2.24, 2.45) is 0 Å². The van der Waals surface area contributed by atoms with Gasteiger partial charge in [0.2, 0.25) is 0 Å². The van der Waals surface area contributed by atoms with Crippen LogP contribution in [-0.2, 0) is 4.74 Å². The fraction of sp³-hybridized carbons (Fsp3) is 0.600. The monoisotopic (exact) mass is 276 g/mol. The van der Waals surface area contributed by atoms with Gasteiger partial charge in [-0.25, -0.2) is 9.18 Å². The molecule has 2 rings (SSSR count). The van der Waals surface area contributed by atoms with E-state index in [1.54, 1.807) is 6.92 Å². The van der Waals surface area contributed by atoms with Gasteiger partial charge in [-0.1, -0.05) is 12.2 Å². The summed E-state index contributed by atoms with van der Waals surface area (Å²) in [7, 11) is 0. The summed E-state index contributed by atoms with van der Waals surface area (Å²) < 4.78 is 20.2. The molecule has 8 heteroatoms. The Morgan fingerprint density at radius 3 is 2.89 bits per heavy atom. The van der Waals surface area contributed by atoms with Gasteiger partial charge in [0, 0.05) is 11.8 Å². The number of hydrogen-bond donors (Lipinski definition) is 3. The van der Waals surface area contributed by atoms with Gasteiger partial charge in [0.15, 0.2) is 12.4 Å². The molecule has 0 spiro atoms. The predicted octanol–water partition coefficient (Wildman–Crippen LogP) is -0.197. The van der Waals surface area contributed by atoms with Crippen LogP contribution in [0.5, 0.6) is 0 Å². The molecule has 0 saturated carbocycles. The number of aliphatic hydroxyl groups is 2. The number of aromatic amines is 1. The Balaban J connectivity index is 2.42. The lowest BCUT2D eigenvalue weighted by Crippen LogP contribution is -2.33. The van der Waals surface area contributed by atoms with Gasteiger partial charge in [-0.15, -0.1) is 0 Å². The number of aliphatic hydroxyl groups excluding tert-OH is 2. The molecule has 1 saturated heterocycles. The number of aryl methyl sites for hydroxylation is 1. The molecule has 1 aliphatic rings. The standard InChI is InChI=1S/C10H13FN2O4S/c1-4-2-13(10(16)12-8(4)18)9-6(11)7(15)5(3-14)17-9/h2,5-7,9,14-15H,3H2,1H3,(H,12,16,18)/t5-,6?,7+,9-/m0/s1. The number of rotatable bonds is 2. The molecule has 0 aromatic carbocycles. The van der Waals surface area contributed by atoms with Crippen molar-refractivity contribution in [2.45, 2.75) is 31.5 Å². The lowest BCUT2D eigenvalue weighted by atomic mass is 10.1. The fourth-order valence-corrected chi connectivity index (χ4v) is 1.99. The molecule has 1 aromatic rings. The first-order valence-corrected chi connectivity index (χ1v) is 5.77. The van der Waals surface area contributed by atoms with Crippen molar-refractivity contribution in [3.05, 3.63) is 26.9 Å². The van der Waals surface area contributed by atoms with Crippen LogP contribution in [-0.4, -0.2) is 44.8 Å². The molecule has 0 bridgehead atoms. The zero-order valence-electron chi connectivity index (χ0n) is 9.54. The maximum absolute atomic E-state index is 13.8. The third-order valence-corrected chi connectivity index (χ3v) is 3.32. The SMILES string of the molecule is Cc1cn([C@H]2O[C@@H](CO)[C@@H](O)C2F)c(=O)[nH]c1=S. The van der Waals surface area contributed by atoms with Gasteiger partial charge in [0.25, 0.3) is 0 Å². The van der Waals surface area contributed by atoms with Crippen LogP contribution < -0.4 is 5.69 Å². The van der Waals surface area contributed by atoms with Crippen molar-refractivity contribution in [3.8, 4) is 0 Å². The zero-order valence-corrected chi connectivity index (χ0v) is 10.4. The van der Waals surface area contributed by atoms with Gasteiger partial charge in [0.05, 0.1) is 6.61 Å². The van der Waals surface area contributed by atoms with E-state index < -0.39 is 36.9 Å². The van der Waals surface area contributed by atoms with E-state index in [4.69, 9.17) is 22.1 Å². The maximum Gasteiger partial charge on any atom is 0.328 e. The lowest BCUT2D eigenvalue weighted by molar-refractivity contribution is -0.0492. The number of nitrogens with one attached hydrogen (secondary N) is 1. The van der Waals surface area contributed by atoms with Gasteiger partial charge in [-0.05, 0) is 6.92 Å². The Morgan fingerprint density at radius 1 is 1.67 bits per heavy atom. The second-order valence-electron chi connectivity index (χ2n) is 4.16. The summed E-state index contributed by atoms with van der Waals surface area (Å²) in [5, 5.41) is 18.4. The maximum atomic E-state index is 13.8. The van der Waals surface area contributed by atoms with E-state index in [-0.39, 0.29) is 4.64 Å². The third kappa shape index (κ3) is 2.12. The first kappa shape index (κ1) is 13.3. The smallest absolute Gasteiger partial charge is 0.328 e. The highest BCUT2D eigenvalue weighted by molar-refractivity contribution is 7.71. The number of halogens is 1. The highest BCUT2D eigenvalue weighted by Gasteiger charge is 2.45. The van der Waals surface area contributed by atoms with Crippen LogP contribution in [0.4, 0.5) is 4.39 Å². The number of aromatic nitrogens is 2. The summed E-state index contributed by atoms with van der Waals surface area (Å²) in [6, 6.07) is 0. The number of hydrogen-bond acceptors (Lipinski definition) is 5. The van der Waals surface area contributed by atoms with E-state index in [9.17, 15) is 14.3 Å². The molecule has 1 aromatic heterocycles. The van der Waals surface area contributed by atoms with Crippen molar-refractivity contribution in [1.82, 2.24) is 9.55 Å². The molecule has 1 fully saturated rings. The second-order valence-corrected chi connectivity index (χ2v) is 4.57. The van der Waals surface area contributed by atoms with Crippen molar-refractivity contribution in [2.75, 3.05) is 6.61 Å². The molecule has 1 unspecified atom stereocenters. The van der Waals surface area contributed by atoms with Crippen molar-refractivity contribution in [3.63, 3.8) is 0 Å². The molecule has 6 nitrogen and oxygen atoms in total. The topological polar surface area (TPSA) is 87.5 Å². The average Bonchev–Trinajstić information content (AvgIpc) is 2.61. The Labute approximate surface area is 107 Å². The van der Waals surface area contributed by atoms with E-state index in [0.29, 0.717) is 5.56 Å². The normalized spacial score (nSPS) is 31.8. The van der Waals surface area contributed by atoms with Gasteiger partial charge in [-0.3, -0.25) is 9.55 Å². The van der Waals surface area contributed by atoms with Gasteiger partial charge >= 0.3 is 5.69 Å². The van der Waals surface area contributed by atoms with Crippen molar-refractivity contribution in [1.29, 1.82) is 0 Å². The molecular formula is C10H13FN2O4S. The first-order valence-electron chi connectivity index (χ1n) is 5.36. The van der Waals surface area contributed by atoms with Crippen LogP contribution in [0.15, 0.2) is 11.0 Å². The summed E-state index contributed by atoms with van der Waals surface area (Å²) in [5.74, 6) is 0. The Hall–Kier alpha value is -1.09. The molecule has 0 amide bonds. The highest BCUT2D eigenvalue weighted by atomic mass is 32.1. The number of alkyl halides is 1. The lowest BCUT2D eigenvalue weighted by Gasteiger charge is -2.16. The van der Waals surface area contributed by atoms with Crippen LogP contribution in [0.1, 0.15) is 11.8 Å². The van der Waals surface area contributed by atoms with Crippen LogP contribution >= 0.6 is 12.2 Å². The number of H-pyrrole nitrogens is 1. The molecule has 0 radical (unpaired) electrons. The molecule has 4 atom stereocenters. The quantitative estimate of drug-likeness (QED) is 0.651. The largest absolute Gasteiger partial charge is 0.394 e. The second kappa shape index (κ2) is 4.88. The molecule has 1 aliphatic heterocycles.